The maximum atomic E-state index is 4.33. The third-order valence-corrected chi connectivity index (χ3v) is 3.23. The molecule has 1 saturated carbocycles. The number of nitrogens with zero attached hydrogens (tertiary/aromatic N) is 2. The number of hydrogen-bond acceptors (Lipinski definition) is 1. The van der Waals surface area contributed by atoms with Crippen molar-refractivity contribution in [2.24, 2.45) is 5.92 Å². The monoisotopic (exact) mass is 178 g/mol. The van der Waals surface area contributed by atoms with E-state index in [4.69, 9.17) is 0 Å². The van der Waals surface area contributed by atoms with Gasteiger partial charge in [0, 0.05) is 12.4 Å². The van der Waals surface area contributed by atoms with E-state index in [1.165, 1.54) is 32.1 Å². The molecule has 0 saturated heterocycles. The maximum absolute atomic E-state index is 4.33. The summed E-state index contributed by atoms with van der Waals surface area (Å²) in [6.07, 6.45) is 10.8. The molecule has 72 valence electrons. The zero-order chi connectivity index (χ0) is 9.10. The van der Waals surface area contributed by atoms with Crippen LogP contribution in [0.4, 0.5) is 0 Å². The van der Waals surface area contributed by atoms with Crippen LogP contribution < -0.4 is 0 Å². The molecule has 13 heavy (non-hydrogen) atoms. The van der Waals surface area contributed by atoms with Crippen LogP contribution in [0, 0.1) is 5.92 Å². The van der Waals surface area contributed by atoms with Gasteiger partial charge in [0.25, 0.3) is 0 Å². The lowest BCUT2D eigenvalue weighted by molar-refractivity contribution is 0.247. The molecule has 2 nitrogen and oxygen atoms in total. The summed E-state index contributed by atoms with van der Waals surface area (Å²) in [5.74, 6) is 0.933. The van der Waals surface area contributed by atoms with Gasteiger partial charge in [-0.1, -0.05) is 26.2 Å². The lowest BCUT2D eigenvalue weighted by Gasteiger charge is -2.28. The second-order valence-electron chi connectivity index (χ2n) is 4.08. The first kappa shape index (κ1) is 8.79. The molecule has 0 N–H and O–H groups in total. The van der Waals surface area contributed by atoms with Gasteiger partial charge in [0.05, 0.1) is 6.04 Å². The Hall–Kier alpha value is -0.790. The summed E-state index contributed by atoms with van der Waals surface area (Å²) in [7, 11) is 0. The molecule has 1 aromatic rings. The minimum atomic E-state index is 0.675. The van der Waals surface area contributed by atoms with E-state index in [0.717, 1.165) is 5.92 Å². The lowest BCUT2D eigenvalue weighted by atomic mass is 9.84. The Morgan fingerprint density at radius 3 is 3.08 bits per heavy atom. The van der Waals surface area contributed by atoms with E-state index in [1.54, 1.807) is 0 Å². The average molecular weight is 178 g/mol. The average Bonchev–Trinajstić information content (AvgIpc) is 2.71. The predicted molar refractivity (Wildman–Crippen MR) is 53.5 cm³/mol. The van der Waals surface area contributed by atoms with Crippen LogP contribution in [-0.4, -0.2) is 9.78 Å². The Kier molecular flexibility index (Phi) is 2.67. The molecule has 0 amide bonds. The summed E-state index contributed by atoms with van der Waals surface area (Å²) >= 11 is 0. The van der Waals surface area contributed by atoms with Crippen molar-refractivity contribution in [3.05, 3.63) is 18.5 Å². The summed E-state index contributed by atoms with van der Waals surface area (Å²) < 4.78 is 2.14. The van der Waals surface area contributed by atoms with Crippen LogP contribution in [0.25, 0.3) is 0 Å². The fourth-order valence-corrected chi connectivity index (χ4v) is 2.37. The topological polar surface area (TPSA) is 17.8 Å². The van der Waals surface area contributed by atoms with Crippen LogP contribution in [0.1, 0.15) is 45.1 Å². The van der Waals surface area contributed by atoms with Crippen LogP contribution in [0.5, 0.6) is 0 Å². The van der Waals surface area contributed by atoms with E-state index in [1.807, 2.05) is 12.3 Å². The normalized spacial score (nSPS) is 29.0. The van der Waals surface area contributed by atoms with Gasteiger partial charge < -0.3 is 0 Å². The van der Waals surface area contributed by atoms with Crippen molar-refractivity contribution < 1.29 is 0 Å². The molecule has 0 spiro atoms. The van der Waals surface area contributed by atoms with Crippen LogP contribution >= 0.6 is 0 Å². The van der Waals surface area contributed by atoms with Crippen LogP contribution in [0.2, 0.25) is 0 Å². The highest BCUT2D eigenvalue weighted by Gasteiger charge is 2.21. The molecule has 0 radical (unpaired) electrons. The SMILES string of the molecule is CCC1CCCC(n2cccn2)C1. The zero-order valence-corrected chi connectivity index (χ0v) is 8.32. The summed E-state index contributed by atoms with van der Waals surface area (Å²) in [5, 5.41) is 4.33. The van der Waals surface area contributed by atoms with E-state index in [2.05, 4.69) is 22.9 Å². The molecule has 2 atom stereocenters. The van der Waals surface area contributed by atoms with Gasteiger partial charge in [-0.2, -0.15) is 5.10 Å². The molecule has 1 heterocycles. The largest absolute Gasteiger partial charge is 0.270 e. The van der Waals surface area contributed by atoms with Gasteiger partial charge in [-0.25, -0.2) is 0 Å². The molecule has 1 aromatic heterocycles. The first-order chi connectivity index (χ1) is 6.40. The first-order valence-electron chi connectivity index (χ1n) is 5.39. The summed E-state index contributed by atoms with van der Waals surface area (Å²) in [4.78, 5) is 0. The van der Waals surface area contributed by atoms with Crippen molar-refractivity contribution in [3.63, 3.8) is 0 Å². The van der Waals surface area contributed by atoms with E-state index >= 15 is 0 Å². The Morgan fingerprint density at radius 1 is 1.46 bits per heavy atom. The smallest absolute Gasteiger partial charge is 0.0521 e. The molecule has 2 rings (SSSR count). The fraction of sp³-hybridized carbons (Fsp3) is 0.727. The fourth-order valence-electron chi connectivity index (χ4n) is 2.37. The quantitative estimate of drug-likeness (QED) is 0.680. The number of aromatic nitrogens is 2. The van der Waals surface area contributed by atoms with E-state index < -0.39 is 0 Å². The van der Waals surface area contributed by atoms with Crippen molar-refractivity contribution in [3.8, 4) is 0 Å². The highest BCUT2D eigenvalue weighted by Crippen LogP contribution is 2.33. The molecular formula is C11H18N2. The van der Waals surface area contributed by atoms with Gasteiger partial charge in [0.2, 0.25) is 0 Å². The van der Waals surface area contributed by atoms with Crippen molar-refractivity contribution in [2.75, 3.05) is 0 Å². The molecule has 2 unspecified atom stereocenters. The molecule has 0 bridgehead atoms. The molecule has 0 aliphatic heterocycles. The minimum Gasteiger partial charge on any atom is -0.270 e. The molecule has 1 fully saturated rings. The lowest BCUT2D eigenvalue weighted by Crippen LogP contribution is -2.19. The summed E-state index contributed by atoms with van der Waals surface area (Å²) in [6, 6.07) is 2.70. The van der Waals surface area contributed by atoms with Crippen molar-refractivity contribution >= 4 is 0 Å². The molecular weight excluding hydrogens is 160 g/mol. The maximum Gasteiger partial charge on any atom is 0.0521 e. The first-order valence-corrected chi connectivity index (χ1v) is 5.39. The van der Waals surface area contributed by atoms with Gasteiger partial charge in [0.15, 0.2) is 0 Å². The zero-order valence-electron chi connectivity index (χ0n) is 8.32. The second-order valence-corrected chi connectivity index (χ2v) is 4.08. The standard InChI is InChI=1S/C11H18N2/c1-2-10-5-3-6-11(9-10)13-8-4-7-12-13/h4,7-8,10-11H,2-3,5-6,9H2,1H3. The van der Waals surface area contributed by atoms with E-state index in [0.29, 0.717) is 6.04 Å². The molecule has 1 aliphatic carbocycles. The van der Waals surface area contributed by atoms with Crippen molar-refractivity contribution in [1.29, 1.82) is 0 Å². The van der Waals surface area contributed by atoms with Gasteiger partial charge >= 0.3 is 0 Å². The summed E-state index contributed by atoms with van der Waals surface area (Å²) in [6.45, 7) is 2.30. The van der Waals surface area contributed by atoms with Crippen LogP contribution in [0.3, 0.4) is 0 Å². The number of hydrogen-bond donors (Lipinski definition) is 0. The van der Waals surface area contributed by atoms with Gasteiger partial charge in [0.1, 0.15) is 0 Å². The Labute approximate surface area is 80.0 Å². The van der Waals surface area contributed by atoms with Gasteiger partial charge in [-0.15, -0.1) is 0 Å². The third-order valence-electron chi connectivity index (χ3n) is 3.23. The van der Waals surface area contributed by atoms with Crippen LogP contribution in [0.15, 0.2) is 18.5 Å². The minimum absolute atomic E-state index is 0.675. The number of rotatable bonds is 2. The predicted octanol–water partition coefficient (Wildman–Crippen LogP) is 3.02. The third kappa shape index (κ3) is 1.93. The van der Waals surface area contributed by atoms with E-state index in [9.17, 15) is 0 Å². The Balaban J connectivity index is 2.00. The van der Waals surface area contributed by atoms with Crippen molar-refractivity contribution in [1.82, 2.24) is 9.78 Å². The van der Waals surface area contributed by atoms with E-state index in [-0.39, 0.29) is 0 Å². The molecule has 0 aromatic carbocycles. The highest BCUT2D eigenvalue weighted by molar-refractivity contribution is 4.84. The Morgan fingerprint density at radius 2 is 2.38 bits per heavy atom. The summed E-state index contributed by atoms with van der Waals surface area (Å²) in [5.41, 5.74) is 0. The van der Waals surface area contributed by atoms with Gasteiger partial charge in [-0.05, 0) is 24.8 Å². The Bertz CT molecular complexity index is 241. The van der Waals surface area contributed by atoms with Gasteiger partial charge in [-0.3, -0.25) is 4.68 Å². The second kappa shape index (κ2) is 3.95. The van der Waals surface area contributed by atoms with Crippen molar-refractivity contribution in [2.45, 2.75) is 45.1 Å². The van der Waals surface area contributed by atoms with Crippen LogP contribution in [-0.2, 0) is 0 Å². The highest BCUT2D eigenvalue weighted by atomic mass is 15.3. The molecule has 2 heteroatoms. The molecule has 1 aliphatic rings.